The number of hydrazone groups is 1. The molecule has 1 saturated carbocycles. The molecule has 6 nitrogen and oxygen atoms in total. The first-order valence-electron chi connectivity index (χ1n) is 9.17. The number of anilines is 1. The minimum absolute atomic E-state index is 0.161. The average Bonchev–Trinajstić information content (AvgIpc) is 3.40. The topological polar surface area (TPSA) is 66.1 Å². The maximum atomic E-state index is 12.6. The summed E-state index contributed by atoms with van der Waals surface area (Å²) in [6.45, 7) is 2.01. The number of nitrogens with zero attached hydrogens (tertiary/aromatic N) is 3. The van der Waals surface area contributed by atoms with Crippen LogP contribution in [0, 0.1) is 23.7 Å². The van der Waals surface area contributed by atoms with Crippen LogP contribution in [0.1, 0.15) is 31.4 Å². The SMILES string of the molecule is O=C1[C@@H]2[C@H](C(=O)N1/N=C\c1ccc(N3CCCCC3)o1)[C@H]1C=C[C@@H]2C1. The quantitative estimate of drug-likeness (QED) is 0.482. The van der Waals surface area contributed by atoms with E-state index in [1.54, 1.807) is 0 Å². The van der Waals surface area contributed by atoms with Crippen molar-refractivity contribution in [3.63, 3.8) is 0 Å². The molecule has 0 N–H and O–H groups in total. The van der Waals surface area contributed by atoms with E-state index in [1.807, 2.05) is 12.1 Å². The zero-order valence-electron chi connectivity index (χ0n) is 14.0. The van der Waals surface area contributed by atoms with Crippen LogP contribution in [-0.4, -0.2) is 36.1 Å². The standard InChI is InChI=1S/C19H21N3O3/c23-18-16-12-4-5-13(10-12)17(16)19(24)22(18)20-11-14-6-7-15(25-14)21-8-2-1-3-9-21/h4-7,11-13,16-17H,1-3,8-10H2/b20-11-/t12-,13+,16+,17-. The first-order valence-corrected chi connectivity index (χ1v) is 9.17. The van der Waals surface area contributed by atoms with Crippen molar-refractivity contribution in [2.75, 3.05) is 18.0 Å². The second kappa shape index (κ2) is 5.58. The Bertz CT molecular complexity index is 745. The molecule has 4 atom stereocenters. The Hall–Kier alpha value is -2.37. The first kappa shape index (κ1) is 14.9. The summed E-state index contributed by atoms with van der Waals surface area (Å²) in [6, 6.07) is 3.77. The summed E-state index contributed by atoms with van der Waals surface area (Å²) in [6.07, 6.45) is 10.2. The van der Waals surface area contributed by atoms with Gasteiger partial charge in [-0.05, 0) is 43.6 Å². The smallest absolute Gasteiger partial charge is 0.254 e. The van der Waals surface area contributed by atoms with Crippen molar-refractivity contribution in [1.82, 2.24) is 5.01 Å². The van der Waals surface area contributed by atoms with E-state index in [-0.39, 0.29) is 35.5 Å². The summed E-state index contributed by atoms with van der Waals surface area (Å²) in [5.74, 6) is 1.08. The van der Waals surface area contributed by atoms with Crippen molar-refractivity contribution in [2.45, 2.75) is 25.7 Å². The van der Waals surface area contributed by atoms with Gasteiger partial charge in [0.2, 0.25) is 0 Å². The fraction of sp³-hybridized carbons (Fsp3) is 0.526. The Labute approximate surface area is 146 Å². The summed E-state index contributed by atoms with van der Waals surface area (Å²) in [5.41, 5.74) is 0. The number of furan rings is 1. The maximum absolute atomic E-state index is 12.6. The fourth-order valence-corrected chi connectivity index (χ4v) is 4.81. The highest BCUT2D eigenvalue weighted by Gasteiger charge is 2.59. The Morgan fingerprint density at radius 1 is 1.00 bits per heavy atom. The number of rotatable bonds is 3. The van der Waals surface area contributed by atoms with Gasteiger partial charge in [-0.2, -0.15) is 10.1 Å². The number of carbonyl (C=O) groups excluding carboxylic acids is 2. The molecule has 25 heavy (non-hydrogen) atoms. The molecular formula is C19H21N3O3. The van der Waals surface area contributed by atoms with Gasteiger partial charge < -0.3 is 9.32 Å². The fourth-order valence-electron chi connectivity index (χ4n) is 4.81. The van der Waals surface area contributed by atoms with E-state index in [9.17, 15) is 9.59 Å². The minimum atomic E-state index is -0.208. The van der Waals surface area contributed by atoms with E-state index in [4.69, 9.17) is 4.42 Å². The lowest BCUT2D eigenvalue weighted by atomic mass is 9.85. The van der Waals surface area contributed by atoms with Gasteiger partial charge in [-0.1, -0.05) is 12.2 Å². The van der Waals surface area contributed by atoms with Crippen LogP contribution in [0.4, 0.5) is 5.88 Å². The third kappa shape index (κ3) is 2.27. The van der Waals surface area contributed by atoms with Crippen LogP contribution in [0.15, 0.2) is 33.8 Å². The van der Waals surface area contributed by atoms with Crippen molar-refractivity contribution < 1.29 is 14.0 Å². The number of piperidine rings is 1. The molecule has 3 fully saturated rings. The van der Waals surface area contributed by atoms with Crippen molar-refractivity contribution in [3.05, 3.63) is 30.0 Å². The molecule has 6 heteroatoms. The van der Waals surface area contributed by atoms with Crippen molar-refractivity contribution in [2.24, 2.45) is 28.8 Å². The number of allylic oxidation sites excluding steroid dienone is 2. The van der Waals surface area contributed by atoms with Crippen LogP contribution >= 0.6 is 0 Å². The zero-order chi connectivity index (χ0) is 17.0. The van der Waals surface area contributed by atoms with Crippen LogP contribution in [0.2, 0.25) is 0 Å². The molecule has 0 unspecified atom stereocenters. The summed E-state index contributed by atoms with van der Waals surface area (Å²) in [4.78, 5) is 27.4. The van der Waals surface area contributed by atoms with Crippen molar-refractivity contribution >= 4 is 23.9 Å². The number of carbonyl (C=O) groups is 2. The van der Waals surface area contributed by atoms with Crippen molar-refractivity contribution in [3.8, 4) is 0 Å². The number of hydrogen-bond acceptors (Lipinski definition) is 5. The number of amides is 2. The first-order chi connectivity index (χ1) is 12.2. The predicted molar refractivity (Wildman–Crippen MR) is 91.9 cm³/mol. The molecule has 2 saturated heterocycles. The summed E-state index contributed by atoms with van der Waals surface area (Å²) in [7, 11) is 0. The summed E-state index contributed by atoms with van der Waals surface area (Å²) < 4.78 is 5.82. The van der Waals surface area contributed by atoms with E-state index >= 15 is 0 Å². The molecule has 2 bridgehead atoms. The minimum Gasteiger partial charge on any atom is -0.440 e. The summed E-state index contributed by atoms with van der Waals surface area (Å²) in [5, 5.41) is 5.22. The highest BCUT2D eigenvalue weighted by atomic mass is 16.4. The molecule has 1 aromatic heterocycles. The zero-order valence-corrected chi connectivity index (χ0v) is 14.0. The van der Waals surface area contributed by atoms with Crippen LogP contribution in [-0.2, 0) is 9.59 Å². The average molecular weight is 339 g/mol. The summed E-state index contributed by atoms with van der Waals surface area (Å²) >= 11 is 0. The predicted octanol–water partition coefficient (Wildman–Crippen LogP) is 2.41. The Kier molecular flexibility index (Phi) is 3.33. The lowest BCUT2D eigenvalue weighted by Crippen LogP contribution is -2.28. The lowest BCUT2D eigenvalue weighted by molar-refractivity contribution is -0.140. The molecule has 2 aliphatic carbocycles. The highest BCUT2D eigenvalue weighted by molar-refractivity contribution is 6.06. The number of fused-ring (bicyclic) bond motifs is 5. The van der Waals surface area contributed by atoms with Gasteiger partial charge in [0.25, 0.3) is 11.8 Å². The van der Waals surface area contributed by atoms with Gasteiger partial charge in [0, 0.05) is 19.2 Å². The normalized spacial score (nSPS) is 33.9. The van der Waals surface area contributed by atoms with E-state index < -0.39 is 0 Å². The molecular weight excluding hydrogens is 318 g/mol. The van der Waals surface area contributed by atoms with E-state index in [0.29, 0.717) is 5.76 Å². The van der Waals surface area contributed by atoms with Crippen LogP contribution in [0.5, 0.6) is 0 Å². The lowest BCUT2D eigenvalue weighted by Gasteiger charge is -2.25. The Morgan fingerprint density at radius 3 is 2.36 bits per heavy atom. The van der Waals surface area contributed by atoms with Gasteiger partial charge in [0.05, 0.1) is 18.1 Å². The molecule has 5 rings (SSSR count). The molecule has 0 aromatic carbocycles. The van der Waals surface area contributed by atoms with E-state index in [1.165, 1.54) is 25.5 Å². The van der Waals surface area contributed by atoms with Gasteiger partial charge in [-0.25, -0.2) is 0 Å². The van der Waals surface area contributed by atoms with Crippen molar-refractivity contribution in [1.29, 1.82) is 0 Å². The molecule has 130 valence electrons. The molecule has 2 amide bonds. The van der Waals surface area contributed by atoms with E-state index in [0.717, 1.165) is 30.4 Å². The third-order valence-corrected chi connectivity index (χ3v) is 6.03. The molecule has 3 heterocycles. The van der Waals surface area contributed by atoms with Gasteiger partial charge >= 0.3 is 0 Å². The Balaban J connectivity index is 1.32. The largest absolute Gasteiger partial charge is 0.440 e. The second-order valence-electron chi connectivity index (χ2n) is 7.46. The van der Waals surface area contributed by atoms with Crippen LogP contribution < -0.4 is 4.90 Å². The number of hydrogen-bond donors (Lipinski definition) is 0. The molecule has 1 aromatic rings. The van der Waals surface area contributed by atoms with E-state index in [2.05, 4.69) is 22.2 Å². The van der Waals surface area contributed by atoms with Crippen LogP contribution in [0.25, 0.3) is 0 Å². The van der Waals surface area contributed by atoms with Crippen LogP contribution in [0.3, 0.4) is 0 Å². The highest BCUT2D eigenvalue weighted by Crippen LogP contribution is 2.52. The number of imide groups is 1. The molecule has 4 aliphatic rings. The van der Waals surface area contributed by atoms with Gasteiger partial charge in [0.15, 0.2) is 5.88 Å². The van der Waals surface area contributed by atoms with Gasteiger partial charge in [0.1, 0.15) is 5.76 Å². The Morgan fingerprint density at radius 2 is 1.68 bits per heavy atom. The third-order valence-electron chi connectivity index (χ3n) is 6.03. The van der Waals surface area contributed by atoms with Gasteiger partial charge in [-0.15, -0.1) is 0 Å². The monoisotopic (exact) mass is 339 g/mol. The van der Waals surface area contributed by atoms with Gasteiger partial charge in [-0.3, -0.25) is 9.59 Å². The maximum Gasteiger partial charge on any atom is 0.254 e. The second-order valence-corrected chi connectivity index (χ2v) is 7.46. The molecule has 0 radical (unpaired) electrons. The molecule has 0 spiro atoms. The molecule has 2 aliphatic heterocycles.